The number of ether oxygens (including phenoxy) is 2. The van der Waals surface area contributed by atoms with E-state index in [4.69, 9.17) is 9.47 Å². The fourth-order valence-corrected chi connectivity index (χ4v) is 2.35. The van der Waals surface area contributed by atoms with Gasteiger partial charge in [0, 0.05) is 6.07 Å². The lowest BCUT2D eigenvalue weighted by atomic mass is 10.2. The summed E-state index contributed by atoms with van der Waals surface area (Å²) in [6.45, 7) is 1.92. The Labute approximate surface area is 124 Å². The van der Waals surface area contributed by atoms with E-state index in [0.717, 1.165) is 11.8 Å². The molecule has 0 aromatic heterocycles. The third-order valence-electron chi connectivity index (χ3n) is 2.80. The molecule has 5 nitrogen and oxygen atoms in total. The van der Waals surface area contributed by atoms with Gasteiger partial charge >= 0.3 is 0 Å². The number of aryl methyl sites for hydroxylation is 1. The van der Waals surface area contributed by atoms with Gasteiger partial charge in [-0.1, -0.05) is 18.2 Å². The van der Waals surface area contributed by atoms with Crippen molar-refractivity contribution in [3.8, 4) is 17.2 Å². The molecule has 2 aromatic rings. The second-order valence-electron chi connectivity index (χ2n) is 4.60. The van der Waals surface area contributed by atoms with Gasteiger partial charge in [0.15, 0.2) is 5.75 Å². The van der Waals surface area contributed by atoms with E-state index in [0.29, 0.717) is 22.9 Å². The Hall–Kier alpha value is -2.21. The second kappa shape index (κ2) is 6.05. The van der Waals surface area contributed by atoms with Crippen LogP contribution < -0.4 is 14.2 Å². The molecule has 0 amide bonds. The fraction of sp³-hybridized carbons (Fsp3) is 0.200. The summed E-state index contributed by atoms with van der Waals surface area (Å²) in [5, 5.41) is 0. The van der Waals surface area contributed by atoms with E-state index in [1.54, 1.807) is 18.2 Å². The van der Waals surface area contributed by atoms with Gasteiger partial charge in [0.2, 0.25) is 10.0 Å². The lowest BCUT2D eigenvalue weighted by Gasteiger charge is -2.14. The van der Waals surface area contributed by atoms with Crippen LogP contribution in [0.15, 0.2) is 42.5 Å². The topological polar surface area (TPSA) is 64.6 Å². The largest absolute Gasteiger partial charge is 0.497 e. The summed E-state index contributed by atoms with van der Waals surface area (Å²) in [7, 11) is -1.90. The lowest BCUT2D eigenvalue weighted by molar-refractivity contribution is 0.413. The zero-order chi connectivity index (χ0) is 15.5. The summed E-state index contributed by atoms with van der Waals surface area (Å²) in [6, 6.07) is 12.5. The highest BCUT2D eigenvalue weighted by molar-refractivity contribution is 7.92. The summed E-state index contributed by atoms with van der Waals surface area (Å²) in [5.74, 6) is 1.62. The Balaban J connectivity index is 2.40. The summed E-state index contributed by atoms with van der Waals surface area (Å²) >= 11 is 0. The normalized spacial score (nSPS) is 11.0. The van der Waals surface area contributed by atoms with Gasteiger partial charge in [0.1, 0.15) is 11.5 Å². The van der Waals surface area contributed by atoms with Crippen molar-refractivity contribution in [2.75, 3.05) is 18.1 Å². The van der Waals surface area contributed by atoms with Gasteiger partial charge in [0.05, 0.1) is 19.1 Å². The Morgan fingerprint density at radius 3 is 2.38 bits per heavy atom. The maximum absolute atomic E-state index is 11.5. The number of sulfonamides is 1. The number of benzene rings is 2. The van der Waals surface area contributed by atoms with Crippen LogP contribution >= 0.6 is 0 Å². The number of anilines is 1. The number of methoxy groups -OCH3 is 1. The predicted molar refractivity (Wildman–Crippen MR) is 82.7 cm³/mol. The van der Waals surface area contributed by atoms with Gasteiger partial charge in [-0.15, -0.1) is 0 Å². The molecule has 0 unspecified atom stereocenters. The van der Waals surface area contributed by atoms with Crippen LogP contribution in [0, 0.1) is 6.92 Å². The molecule has 2 aromatic carbocycles. The molecule has 0 atom stereocenters. The Bertz CT molecular complexity index is 741. The van der Waals surface area contributed by atoms with Gasteiger partial charge < -0.3 is 9.47 Å². The first-order valence-electron chi connectivity index (χ1n) is 6.28. The van der Waals surface area contributed by atoms with E-state index in [1.807, 2.05) is 31.2 Å². The van der Waals surface area contributed by atoms with E-state index >= 15 is 0 Å². The third-order valence-corrected chi connectivity index (χ3v) is 3.39. The molecule has 0 bridgehead atoms. The van der Waals surface area contributed by atoms with Crippen LogP contribution in [-0.4, -0.2) is 21.8 Å². The van der Waals surface area contributed by atoms with Crippen molar-refractivity contribution < 1.29 is 17.9 Å². The molecule has 0 aliphatic heterocycles. The van der Waals surface area contributed by atoms with E-state index in [1.165, 1.54) is 7.11 Å². The van der Waals surface area contributed by atoms with Gasteiger partial charge in [-0.3, -0.25) is 4.72 Å². The highest BCUT2D eigenvalue weighted by Gasteiger charge is 2.12. The Morgan fingerprint density at radius 2 is 1.76 bits per heavy atom. The van der Waals surface area contributed by atoms with Crippen molar-refractivity contribution in [3.05, 3.63) is 48.0 Å². The van der Waals surface area contributed by atoms with Gasteiger partial charge in [0.25, 0.3) is 0 Å². The predicted octanol–water partition coefficient (Wildman–Crippen LogP) is 3.17. The minimum atomic E-state index is -3.41. The van der Waals surface area contributed by atoms with Crippen LogP contribution in [0.4, 0.5) is 5.69 Å². The van der Waals surface area contributed by atoms with Crippen LogP contribution in [0.2, 0.25) is 0 Å². The molecule has 1 N–H and O–H groups in total. The maximum Gasteiger partial charge on any atom is 0.229 e. The summed E-state index contributed by atoms with van der Waals surface area (Å²) in [6.07, 6.45) is 1.09. The maximum atomic E-state index is 11.5. The molecule has 0 heterocycles. The fourth-order valence-electron chi connectivity index (χ4n) is 1.79. The van der Waals surface area contributed by atoms with E-state index in [-0.39, 0.29) is 0 Å². The molecule has 2 rings (SSSR count). The van der Waals surface area contributed by atoms with Crippen LogP contribution in [0.25, 0.3) is 0 Å². The smallest absolute Gasteiger partial charge is 0.229 e. The number of hydrogen-bond donors (Lipinski definition) is 1. The van der Waals surface area contributed by atoms with Crippen molar-refractivity contribution in [1.82, 2.24) is 0 Å². The van der Waals surface area contributed by atoms with Crippen molar-refractivity contribution >= 4 is 15.7 Å². The van der Waals surface area contributed by atoms with Gasteiger partial charge in [-0.25, -0.2) is 8.42 Å². The highest BCUT2D eigenvalue weighted by Crippen LogP contribution is 2.34. The second-order valence-corrected chi connectivity index (χ2v) is 6.35. The Morgan fingerprint density at radius 1 is 1.05 bits per heavy atom. The van der Waals surface area contributed by atoms with Crippen molar-refractivity contribution in [1.29, 1.82) is 0 Å². The van der Waals surface area contributed by atoms with E-state index in [9.17, 15) is 8.42 Å². The van der Waals surface area contributed by atoms with Gasteiger partial charge in [-0.05, 0) is 30.7 Å². The highest BCUT2D eigenvalue weighted by atomic mass is 32.2. The molecule has 0 aliphatic carbocycles. The monoisotopic (exact) mass is 307 g/mol. The zero-order valence-electron chi connectivity index (χ0n) is 12.1. The standard InChI is InChI=1S/C15H17NO4S/c1-11-6-4-5-7-14(11)20-15-9-8-12(19-2)10-13(15)16-21(3,17)18/h4-10,16H,1-3H3. The molecule has 6 heteroatoms. The van der Waals surface area contributed by atoms with Crippen LogP contribution in [-0.2, 0) is 10.0 Å². The van der Waals surface area contributed by atoms with Gasteiger partial charge in [-0.2, -0.15) is 0 Å². The average molecular weight is 307 g/mol. The number of para-hydroxylation sites is 1. The first-order valence-corrected chi connectivity index (χ1v) is 8.17. The molecule has 21 heavy (non-hydrogen) atoms. The summed E-state index contributed by atoms with van der Waals surface area (Å²) in [5.41, 5.74) is 1.29. The molecule has 0 fully saturated rings. The molecule has 112 valence electrons. The molecular weight excluding hydrogens is 290 g/mol. The lowest BCUT2D eigenvalue weighted by Crippen LogP contribution is -2.10. The molecule has 0 radical (unpaired) electrons. The Kier molecular flexibility index (Phi) is 4.37. The molecular formula is C15H17NO4S. The zero-order valence-corrected chi connectivity index (χ0v) is 12.9. The van der Waals surface area contributed by atoms with Crippen molar-refractivity contribution in [2.24, 2.45) is 0 Å². The quantitative estimate of drug-likeness (QED) is 0.921. The first-order chi connectivity index (χ1) is 9.89. The van der Waals surface area contributed by atoms with Crippen LogP contribution in [0.1, 0.15) is 5.56 Å². The van der Waals surface area contributed by atoms with Crippen molar-refractivity contribution in [2.45, 2.75) is 6.92 Å². The molecule has 0 saturated heterocycles. The van der Waals surface area contributed by atoms with Crippen LogP contribution in [0.3, 0.4) is 0 Å². The molecule has 0 aliphatic rings. The van der Waals surface area contributed by atoms with E-state index in [2.05, 4.69) is 4.72 Å². The minimum absolute atomic E-state index is 0.333. The molecule has 0 saturated carbocycles. The summed E-state index contributed by atoms with van der Waals surface area (Å²) < 4.78 is 36.3. The number of hydrogen-bond acceptors (Lipinski definition) is 4. The van der Waals surface area contributed by atoms with E-state index < -0.39 is 10.0 Å². The minimum Gasteiger partial charge on any atom is -0.497 e. The first kappa shape index (κ1) is 15.2. The summed E-state index contributed by atoms with van der Waals surface area (Å²) in [4.78, 5) is 0. The SMILES string of the molecule is COc1ccc(Oc2ccccc2C)c(NS(C)(=O)=O)c1. The third kappa shape index (κ3) is 4.13. The van der Waals surface area contributed by atoms with Crippen molar-refractivity contribution in [3.63, 3.8) is 0 Å². The molecule has 0 spiro atoms. The number of nitrogens with one attached hydrogen (secondary N) is 1. The number of rotatable bonds is 5. The average Bonchev–Trinajstić information content (AvgIpc) is 2.41. The van der Waals surface area contributed by atoms with Crippen LogP contribution in [0.5, 0.6) is 17.2 Å².